The van der Waals surface area contributed by atoms with Crippen LogP contribution in [-0.2, 0) is 21.1 Å². The Morgan fingerprint density at radius 3 is 0.379 bits per heavy atom. The SMILES string of the molecule is C[n+]1ccc(-c2cc[n+](-c3cc(-[n+]4ccc(-c5cc[n+](C)cc5)cc4)cc(-[n+]4ccc(-c5cc[n+](C)cc5)cc4)c3)cc2)cc1.F[P-](F)(F)(F)(F)F.F[P-](F)(F)(F)(F)F.F[P-](F)(F)(F)(F)F.F[P-](F)(F)(F)(F)F.F[P-](F)(F)(F)(F)F.F[P-](F)(F)(F)(F)F. The van der Waals surface area contributed by atoms with Crippen molar-refractivity contribution in [3.8, 4) is 50.4 Å². The van der Waals surface area contributed by atoms with Crippen molar-refractivity contribution in [1.82, 2.24) is 0 Å². The topological polar surface area (TPSA) is 23.3 Å². The summed E-state index contributed by atoms with van der Waals surface area (Å²) in [5.74, 6) is 0. The molecule has 7 aromatic rings. The number of halogens is 36. The summed E-state index contributed by atoms with van der Waals surface area (Å²) in [4.78, 5) is 0. The molecule has 48 heteroatoms. The van der Waals surface area contributed by atoms with Crippen LogP contribution in [0.4, 0.5) is 151 Å². The van der Waals surface area contributed by atoms with Crippen LogP contribution in [0.25, 0.3) is 50.4 Å². The molecule has 0 saturated heterocycles. The normalized spacial score (nSPS) is 16.9. The van der Waals surface area contributed by atoms with Crippen molar-refractivity contribution in [2.24, 2.45) is 21.1 Å². The van der Waals surface area contributed by atoms with Crippen LogP contribution in [0.1, 0.15) is 0 Å². The van der Waals surface area contributed by atoms with Crippen molar-refractivity contribution in [3.63, 3.8) is 0 Å². The monoisotopic (exact) mass is 1460 g/mol. The van der Waals surface area contributed by atoms with Crippen LogP contribution in [-0.4, -0.2) is 0 Å². The zero-order valence-electron chi connectivity index (χ0n) is 42.1. The second kappa shape index (κ2) is 20.6. The molecule has 0 bridgehead atoms. The van der Waals surface area contributed by atoms with Crippen LogP contribution in [0.3, 0.4) is 0 Å². The summed E-state index contributed by atoms with van der Waals surface area (Å²) in [5, 5.41) is 0. The first-order chi connectivity index (χ1) is 36.7. The van der Waals surface area contributed by atoms with E-state index in [1.807, 2.05) is 34.8 Å². The fraction of sp³-hybridized carbons (Fsp3) is 0.0769. The molecule has 6 nitrogen and oxygen atoms in total. The van der Waals surface area contributed by atoms with Crippen LogP contribution in [0.5, 0.6) is 0 Å². The number of pyridine rings is 6. The van der Waals surface area contributed by atoms with E-state index in [1.165, 1.54) is 33.4 Å². The summed E-state index contributed by atoms with van der Waals surface area (Å²) in [6.07, 6.45) is 25.3. The molecule has 6 aromatic heterocycles. The Morgan fingerprint density at radius 2 is 0.276 bits per heavy atom. The average Bonchev–Trinajstić information content (AvgIpc) is 3.21. The predicted octanol–water partition coefficient (Wildman–Crippen LogP) is 24.3. The number of rotatable bonds is 6. The number of hydrogen-bond acceptors (Lipinski definition) is 0. The zero-order valence-corrected chi connectivity index (χ0v) is 47.4. The Bertz CT molecular complexity index is 2970. The molecule has 1 aromatic carbocycles. The predicted molar refractivity (Wildman–Crippen MR) is 252 cm³/mol. The van der Waals surface area contributed by atoms with E-state index in [1.54, 1.807) is 0 Å². The van der Waals surface area contributed by atoms with Gasteiger partial charge in [0.05, 0.1) is 18.2 Å². The van der Waals surface area contributed by atoms with E-state index in [2.05, 4.69) is 179 Å². The van der Waals surface area contributed by atoms with Gasteiger partial charge in [-0.25, -0.2) is 13.7 Å². The minimum atomic E-state index is -10.7. The number of aryl methyl sites for hydroxylation is 3. The van der Waals surface area contributed by atoms with E-state index in [-0.39, 0.29) is 0 Å². The summed E-state index contributed by atoms with van der Waals surface area (Å²) in [5.41, 5.74) is 10.4. The van der Waals surface area contributed by atoms with Gasteiger partial charge in [-0.05, 0) is 33.4 Å². The molecule has 0 radical (unpaired) electrons. The summed E-state index contributed by atoms with van der Waals surface area (Å²) < 4.78 is 368. The molecule has 0 aliphatic heterocycles. The summed E-state index contributed by atoms with van der Waals surface area (Å²) >= 11 is 0. The van der Waals surface area contributed by atoms with Gasteiger partial charge in [0.2, 0.25) is 17.1 Å². The van der Waals surface area contributed by atoms with Gasteiger partial charge in [-0.3, -0.25) is 0 Å². The Labute approximate surface area is 461 Å². The van der Waals surface area contributed by atoms with Crippen molar-refractivity contribution in [2.45, 2.75) is 0 Å². The number of hydrogen-bond donors (Lipinski definition) is 0. The fourth-order valence-corrected chi connectivity index (χ4v) is 5.48. The first-order valence-corrected chi connectivity index (χ1v) is 33.3. The third-order valence-electron chi connectivity index (χ3n) is 8.21. The maximum absolute atomic E-state index is 10.7. The molecule has 7 rings (SSSR count). The Kier molecular flexibility index (Phi) is 18.8. The average molecular weight is 1460 g/mol. The van der Waals surface area contributed by atoms with E-state index >= 15 is 0 Å². The van der Waals surface area contributed by atoms with Gasteiger partial charge in [-0.1, -0.05) is 0 Å². The first kappa shape index (κ1) is 79.2. The molecule has 0 aliphatic carbocycles. The van der Waals surface area contributed by atoms with Gasteiger partial charge in [0, 0.05) is 72.8 Å². The molecule has 0 unspecified atom stereocenters. The van der Waals surface area contributed by atoms with Gasteiger partial charge in [-0.15, -0.1) is 0 Å². The standard InChI is InChI=1S/C39H36N6.6F6P/c1-40-16-4-31(5-17-40)34-10-22-43(23-11-34)37-28-38(44-24-12-35(13-25-44)32-6-18-41(2)19-7-32)30-39(29-37)45-26-14-36(15-27-45)33-8-20-42(3)21-9-33;6*1-7(2,3,4,5)6/h4-30H,1-3H3;;;;;;/q+6;6*-1. The zero-order chi connectivity index (χ0) is 69.2. The van der Waals surface area contributed by atoms with Crippen LogP contribution < -0.4 is 27.4 Å². The van der Waals surface area contributed by atoms with Gasteiger partial charge in [0.15, 0.2) is 74.4 Å². The van der Waals surface area contributed by atoms with Crippen molar-refractivity contribution in [1.29, 1.82) is 0 Å². The molecule has 87 heavy (non-hydrogen) atoms. The molecule has 0 amide bonds. The van der Waals surface area contributed by atoms with Crippen molar-refractivity contribution >= 4 is 46.9 Å². The summed E-state index contributed by atoms with van der Waals surface area (Å²) in [6.45, 7) is 0. The summed E-state index contributed by atoms with van der Waals surface area (Å²) in [7, 11) is -57.8. The third kappa shape index (κ3) is 60.3. The van der Waals surface area contributed by atoms with Crippen LogP contribution in [0, 0.1) is 0 Å². The molecule has 0 atom stereocenters. The number of aromatic nitrogens is 6. The molecular formula is C39H36F36N6P6. The van der Waals surface area contributed by atoms with Gasteiger partial charge in [-0.2, -0.15) is 13.7 Å². The van der Waals surface area contributed by atoms with Crippen LogP contribution in [0.15, 0.2) is 165 Å². The molecule has 6 heterocycles. The maximum atomic E-state index is 9.87. The molecule has 0 N–H and O–H groups in total. The van der Waals surface area contributed by atoms with Gasteiger partial charge in [0.1, 0.15) is 21.1 Å². The molecule has 0 spiro atoms. The van der Waals surface area contributed by atoms with Crippen molar-refractivity contribution in [3.05, 3.63) is 165 Å². The quantitative estimate of drug-likeness (QED) is 0.0900. The van der Waals surface area contributed by atoms with E-state index in [0.29, 0.717) is 0 Å². The molecule has 504 valence electrons. The van der Waals surface area contributed by atoms with E-state index in [9.17, 15) is 151 Å². The van der Waals surface area contributed by atoms with E-state index < -0.39 is 46.9 Å². The number of benzene rings is 1. The Hall–Kier alpha value is -5.82. The number of nitrogens with zero attached hydrogens (tertiary/aromatic N) is 6. The van der Waals surface area contributed by atoms with Crippen molar-refractivity contribution in [2.75, 3.05) is 0 Å². The Balaban J connectivity index is 0.000000724. The first-order valence-electron chi connectivity index (χ1n) is 21.1. The molecule has 0 fully saturated rings. The molecular weight excluding hydrogens is 1420 g/mol. The summed E-state index contributed by atoms with van der Waals surface area (Å²) in [6, 6.07) is 32.6. The van der Waals surface area contributed by atoms with Crippen LogP contribution >= 0.6 is 46.9 Å². The van der Waals surface area contributed by atoms with E-state index in [0.717, 1.165) is 17.1 Å². The second-order valence-electron chi connectivity index (χ2n) is 17.2. The van der Waals surface area contributed by atoms with Gasteiger partial charge < -0.3 is 0 Å². The minimum absolute atomic E-state index is 1.08. The van der Waals surface area contributed by atoms with Crippen molar-refractivity contribution < 1.29 is 178 Å². The molecule has 0 saturated carbocycles. The fourth-order valence-electron chi connectivity index (χ4n) is 5.48. The van der Waals surface area contributed by atoms with E-state index in [4.69, 9.17) is 0 Å². The van der Waals surface area contributed by atoms with Gasteiger partial charge in [0.25, 0.3) is 0 Å². The second-order valence-corrected chi connectivity index (χ2v) is 28.7. The molecule has 0 aliphatic rings. The Morgan fingerprint density at radius 1 is 0.184 bits per heavy atom. The van der Waals surface area contributed by atoms with Crippen LogP contribution in [0.2, 0.25) is 0 Å². The van der Waals surface area contributed by atoms with Gasteiger partial charge >= 0.3 is 198 Å². The third-order valence-corrected chi connectivity index (χ3v) is 8.21.